The number of hydrogen-bond donors (Lipinski definition) is 1. The molecule has 0 bridgehead atoms. The Morgan fingerprint density at radius 1 is 0.944 bits per heavy atom. The molecule has 6 heteroatoms. The second kappa shape index (κ2) is 10.6. The number of ketones is 1. The third-order valence-electron chi connectivity index (χ3n) is 6.66. The average Bonchev–Trinajstić information content (AvgIpc) is 2.91. The van der Waals surface area contributed by atoms with Crippen molar-refractivity contribution in [1.29, 1.82) is 0 Å². The van der Waals surface area contributed by atoms with E-state index < -0.39 is 11.9 Å². The van der Waals surface area contributed by atoms with Gasteiger partial charge in [-0.05, 0) is 48.6 Å². The third-order valence-corrected chi connectivity index (χ3v) is 6.66. The van der Waals surface area contributed by atoms with Crippen molar-refractivity contribution in [2.24, 2.45) is 0 Å². The molecule has 2 heterocycles. The van der Waals surface area contributed by atoms with Crippen LogP contribution in [0.3, 0.4) is 0 Å². The lowest BCUT2D eigenvalue weighted by molar-refractivity contribution is -0.140. The fourth-order valence-corrected chi connectivity index (χ4v) is 5.04. The number of nitrogens with zero attached hydrogens (tertiary/aromatic N) is 1. The van der Waals surface area contributed by atoms with E-state index in [0.29, 0.717) is 35.4 Å². The molecule has 0 unspecified atom stereocenters. The van der Waals surface area contributed by atoms with Gasteiger partial charge in [0.15, 0.2) is 5.78 Å². The van der Waals surface area contributed by atoms with Crippen molar-refractivity contribution in [3.63, 3.8) is 0 Å². The summed E-state index contributed by atoms with van der Waals surface area (Å²) in [7, 11) is 0. The van der Waals surface area contributed by atoms with Gasteiger partial charge in [-0.3, -0.25) is 9.78 Å². The number of para-hydroxylation sites is 1. The van der Waals surface area contributed by atoms with Gasteiger partial charge in [-0.2, -0.15) is 0 Å². The number of aromatic nitrogens is 1. The molecule has 3 aromatic rings. The van der Waals surface area contributed by atoms with E-state index in [9.17, 15) is 9.59 Å². The van der Waals surface area contributed by atoms with Gasteiger partial charge in [0.1, 0.15) is 19.0 Å². The number of carbonyl (C=O) groups excluding carboxylic acids is 2. The second-order valence-electron chi connectivity index (χ2n) is 9.01. The summed E-state index contributed by atoms with van der Waals surface area (Å²) in [4.78, 5) is 31.2. The number of hydrogen-bond acceptors (Lipinski definition) is 6. The topological polar surface area (TPSA) is 77.5 Å². The van der Waals surface area contributed by atoms with Gasteiger partial charge >= 0.3 is 5.97 Å². The minimum atomic E-state index is -0.526. The summed E-state index contributed by atoms with van der Waals surface area (Å²) < 4.78 is 11.3. The molecule has 0 fully saturated rings. The van der Waals surface area contributed by atoms with Gasteiger partial charge in [0.2, 0.25) is 0 Å². The number of carbonyl (C=O) groups is 2. The molecular formula is C30H28N2O4. The summed E-state index contributed by atoms with van der Waals surface area (Å²) in [6, 6.07) is 23.2. The molecule has 1 aliphatic heterocycles. The number of dihydropyridines is 1. The maximum atomic E-state index is 13.6. The molecular weight excluding hydrogens is 452 g/mol. The van der Waals surface area contributed by atoms with Crippen LogP contribution in [-0.4, -0.2) is 30.0 Å². The van der Waals surface area contributed by atoms with E-state index in [1.165, 1.54) is 0 Å². The number of benzene rings is 2. The van der Waals surface area contributed by atoms with Gasteiger partial charge in [0.05, 0.1) is 5.57 Å². The van der Waals surface area contributed by atoms with E-state index in [0.717, 1.165) is 16.8 Å². The standard InChI is InChI=1S/C30H28N2O4/c1-20-27(30(34)36-16-15-35-24-12-6-3-7-13-24)28(22-11-8-14-31-19-22)29-25(32-20)17-23(18-26(29)33)21-9-4-2-5-10-21/h2-14,19,23,28,32H,15-18H2,1H3/t23-,28-/m0/s1. The Balaban J connectivity index is 1.39. The first-order chi connectivity index (χ1) is 17.6. The number of Topliss-reactive ketones (excluding diaryl/α,β-unsaturated/α-hetero) is 1. The van der Waals surface area contributed by atoms with Crippen molar-refractivity contribution in [3.8, 4) is 5.75 Å². The van der Waals surface area contributed by atoms with Crippen molar-refractivity contribution in [2.45, 2.75) is 31.6 Å². The molecule has 2 atom stereocenters. The quantitative estimate of drug-likeness (QED) is 0.376. The molecule has 2 aromatic carbocycles. The van der Waals surface area contributed by atoms with Crippen LogP contribution in [-0.2, 0) is 14.3 Å². The molecule has 0 radical (unpaired) electrons. The van der Waals surface area contributed by atoms with Crippen LogP contribution in [0.4, 0.5) is 0 Å². The normalized spacial score (nSPS) is 19.4. The Morgan fingerprint density at radius 3 is 2.39 bits per heavy atom. The van der Waals surface area contributed by atoms with Gasteiger partial charge in [-0.25, -0.2) is 4.79 Å². The van der Waals surface area contributed by atoms with Crippen molar-refractivity contribution >= 4 is 11.8 Å². The van der Waals surface area contributed by atoms with Gasteiger partial charge in [-0.15, -0.1) is 0 Å². The van der Waals surface area contributed by atoms with Gasteiger partial charge in [-0.1, -0.05) is 54.6 Å². The van der Waals surface area contributed by atoms with Crippen molar-refractivity contribution in [3.05, 3.63) is 119 Å². The first-order valence-corrected chi connectivity index (χ1v) is 12.2. The third kappa shape index (κ3) is 4.93. The maximum absolute atomic E-state index is 13.6. The highest BCUT2D eigenvalue weighted by Crippen LogP contribution is 2.45. The van der Waals surface area contributed by atoms with Crippen LogP contribution in [0.5, 0.6) is 5.75 Å². The fraction of sp³-hybridized carbons (Fsp3) is 0.233. The number of allylic oxidation sites excluding steroid dienone is 3. The van der Waals surface area contributed by atoms with Gasteiger partial charge in [0, 0.05) is 41.7 Å². The zero-order valence-electron chi connectivity index (χ0n) is 20.1. The van der Waals surface area contributed by atoms with Crippen LogP contribution < -0.4 is 10.1 Å². The zero-order valence-corrected chi connectivity index (χ0v) is 20.1. The molecule has 2 aliphatic rings. The number of esters is 1. The van der Waals surface area contributed by atoms with Crippen molar-refractivity contribution in [2.75, 3.05) is 13.2 Å². The lowest BCUT2D eigenvalue weighted by atomic mass is 9.72. The first-order valence-electron chi connectivity index (χ1n) is 12.2. The molecule has 0 saturated carbocycles. The SMILES string of the molecule is CC1=C(C(=O)OCCOc2ccccc2)[C@H](c2cccnc2)C2=C(C[C@H](c3ccccc3)CC2=O)N1. The average molecular weight is 481 g/mol. The predicted octanol–water partition coefficient (Wildman–Crippen LogP) is 5.07. The number of rotatable bonds is 7. The highest BCUT2D eigenvalue weighted by molar-refractivity contribution is 6.04. The molecule has 0 saturated heterocycles. The highest BCUT2D eigenvalue weighted by atomic mass is 16.6. The fourth-order valence-electron chi connectivity index (χ4n) is 5.04. The van der Waals surface area contributed by atoms with Crippen molar-refractivity contribution in [1.82, 2.24) is 10.3 Å². The molecule has 1 N–H and O–H groups in total. The molecule has 182 valence electrons. The monoisotopic (exact) mass is 480 g/mol. The van der Waals surface area contributed by atoms with E-state index in [1.807, 2.05) is 67.6 Å². The van der Waals surface area contributed by atoms with Gasteiger partial charge in [0.25, 0.3) is 0 Å². The molecule has 0 amide bonds. The minimum absolute atomic E-state index is 0.0386. The number of nitrogens with one attached hydrogen (secondary N) is 1. The predicted molar refractivity (Wildman–Crippen MR) is 136 cm³/mol. The zero-order chi connectivity index (χ0) is 24.9. The lowest BCUT2D eigenvalue weighted by Crippen LogP contribution is -2.36. The molecule has 6 nitrogen and oxygen atoms in total. The number of ether oxygens (including phenoxy) is 2. The summed E-state index contributed by atoms with van der Waals surface area (Å²) >= 11 is 0. The summed E-state index contributed by atoms with van der Waals surface area (Å²) in [5.41, 5.74) is 4.57. The van der Waals surface area contributed by atoms with Crippen LogP contribution in [0.25, 0.3) is 0 Å². The Morgan fingerprint density at radius 2 is 1.67 bits per heavy atom. The summed E-state index contributed by atoms with van der Waals surface area (Å²) in [5.74, 6) is -0.142. The molecule has 1 aromatic heterocycles. The van der Waals surface area contributed by atoms with E-state index in [-0.39, 0.29) is 24.9 Å². The molecule has 0 spiro atoms. The first kappa shape index (κ1) is 23.5. The summed E-state index contributed by atoms with van der Waals surface area (Å²) in [6.07, 6.45) is 4.50. The van der Waals surface area contributed by atoms with E-state index in [4.69, 9.17) is 9.47 Å². The Bertz CT molecular complexity index is 1300. The van der Waals surface area contributed by atoms with Gasteiger partial charge < -0.3 is 14.8 Å². The van der Waals surface area contributed by atoms with Crippen LogP contribution >= 0.6 is 0 Å². The van der Waals surface area contributed by atoms with E-state index >= 15 is 0 Å². The summed E-state index contributed by atoms with van der Waals surface area (Å²) in [5, 5.41) is 3.38. The highest BCUT2D eigenvalue weighted by Gasteiger charge is 2.41. The van der Waals surface area contributed by atoms with Crippen LogP contribution in [0.15, 0.2) is 108 Å². The van der Waals surface area contributed by atoms with Crippen LogP contribution in [0.2, 0.25) is 0 Å². The van der Waals surface area contributed by atoms with Crippen molar-refractivity contribution < 1.29 is 19.1 Å². The second-order valence-corrected chi connectivity index (χ2v) is 9.01. The minimum Gasteiger partial charge on any atom is -0.490 e. The molecule has 36 heavy (non-hydrogen) atoms. The Kier molecular flexibility index (Phi) is 6.94. The van der Waals surface area contributed by atoms with Crippen LogP contribution in [0, 0.1) is 0 Å². The van der Waals surface area contributed by atoms with E-state index in [2.05, 4.69) is 22.4 Å². The molecule has 1 aliphatic carbocycles. The number of pyridine rings is 1. The summed E-state index contributed by atoms with van der Waals surface area (Å²) in [6.45, 7) is 2.19. The molecule has 5 rings (SSSR count). The Hall–Kier alpha value is -4.19. The van der Waals surface area contributed by atoms with Crippen LogP contribution in [0.1, 0.15) is 42.7 Å². The Labute approximate surface area is 210 Å². The largest absolute Gasteiger partial charge is 0.490 e. The smallest absolute Gasteiger partial charge is 0.336 e. The maximum Gasteiger partial charge on any atom is 0.336 e. The lowest BCUT2D eigenvalue weighted by Gasteiger charge is -2.36. The van der Waals surface area contributed by atoms with E-state index in [1.54, 1.807) is 12.4 Å².